The molecule has 0 N–H and O–H groups in total. The van der Waals surface area contributed by atoms with E-state index >= 15 is 0 Å². The zero-order valence-corrected chi connectivity index (χ0v) is 11.6. The maximum atomic E-state index is 11.1. The quantitative estimate of drug-likeness (QED) is 0.546. The van der Waals surface area contributed by atoms with E-state index in [1.807, 2.05) is 41.0 Å². The summed E-state index contributed by atoms with van der Waals surface area (Å²) < 4.78 is 1.93. The summed E-state index contributed by atoms with van der Waals surface area (Å²) in [6, 6.07) is 15.0. The molecule has 0 fully saturated rings. The van der Waals surface area contributed by atoms with Crippen LogP contribution in [0.1, 0.15) is 11.1 Å². The van der Waals surface area contributed by atoms with Crippen molar-refractivity contribution in [1.82, 2.24) is 9.55 Å². The maximum Gasteiger partial charge on any atom is 0.275 e. The number of fused-ring (bicyclic) bond motifs is 1. The van der Waals surface area contributed by atoms with Gasteiger partial charge in [0.15, 0.2) is 0 Å². The molecule has 3 aromatic rings. The summed E-state index contributed by atoms with van der Waals surface area (Å²) in [5.74, 6) is 0. The molecule has 6 nitrogen and oxygen atoms in total. The van der Waals surface area contributed by atoms with E-state index in [0.717, 1.165) is 11.1 Å². The molecular formula is C16H12N4O2. The number of aromatic nitrogens is 2. The van der Waals surface area contributed by atoms with Crippen LogP contribution in [0, 0.1) is 21.4 Å². The van der Waals surface area contributed by atoms with Crippen molar-refractivity contribution in [1.29, 1.82) is 5.26 Å². The summed E-state index contributed by atoms with van der Waals surface area (Å²) in [6.45, 7) is 0.626. The first-order chi connectivity index (χ1) is 10.7. The zero-order chi connectivity index (χ0) is 15.5. The number of nitriles is 1. The number of benzene rings is 2. The lowest BCUT2D eigenvalue weighted by Crippen LogP contribution is -1.99. The van der Waals surface area contributed by atoms with E-state index in [1.54, 1.807) is 12.4 Å². The van der Waals surface area contributed by atoms with E-state index in [4.69, 9.17) is 5.26 Å². The largest absolute Gasteiger partial charge is 0.326 e. The normalized spacial score (nSPS) is 10.5. The Morgan fingerprint density at radius 3 is 2.68 bits per heavy atom. The second-order valence-corrected chi connectivity index (χ2v) is 4.88. The third-order valence-corrected chi connectivity index (χ3v) is 3.52. The monoisotopic (exact) mass is 292 g/mol. The van der Waals surface area contributed by atoms with Crippen LogP contribution in [0.4, 0.5) is 5.69 Å². The Morgan fingerprint density at radius 1 is 1.23 bits per heavy atom. The Balaban J connectivity index is 2.10. The molecule has 0 amide bonds. The van der Waals surface area contributed by atoms with Crippen LogP contribution in [0.15, 0.2) is 48.8 Å². The lowest BCUT2D eigenvalue weighted by Gasteiger charge is -2.05. The van der Waals surface area contributed by atoms with E-state index in [-0.39, 0.29) is 12.1 Å². The Hall–Kier alpha value is -3.20. The minimum atomic E-state index is -0.470. The molecule has 2 aromatic carbocycles. The van der Waals surface area contributed by atoms with E-state index in [0.29, 0.717) is 17.6 Å². The van der Waals surface area contributed by atoms with Gasteiger partial charge >= 0.3 is 0 Å². The van der Waals surface area contributed by atoms with Gasteiger partial charge in [0.25, 0.3) is 5.69 Å². The summed E-state index contributed by atoms with van der Waals surface area (Å²) >= 11 is 0. The van der Waals surface area contributed by atoms with Crippen LogP contribution in [0.3, 0.4) is 0 Å². The molecule has 0 radical (unpaired) electrons. The Morgan fingerprint density at radius 2 is 2.00 bits per heavy atom. The fraction of sp³-hybridized carbons (Fsp3) is 0.125. The molecule has 0 saturated heterocycles. The van der Waals surface area contributed by atoms with Gasteiger partial charge in [-0.15, -0.1) is 0 Å². The van der Waals surface area contributed by atoms with Crippen LogP contribution in [0.25, 0.3) is 11.0 Å². The first-order valence-corrected chi connectivity index (χ1v) is 6.72. The van der Waals surface area contributed by atoms with Crippen molar-refractivity contribution in [3.8, 4) is 6.07 Å². The standard InChI is InChI=1S/C16H12N4O2/c17-9-8-13-14(20(21)22)6-7-15-16(13)18-11-19(15)10-12-4-2-1-3-5-12/h1-7,11H,8,10H2. The SMILES string of the molecule is N#CCc1c([N+](=O)[O-])ccc2c1ncn2Cc1ccccc1. The van der Waals surface area contributed by atoms with Crippen LogP contribution >= 0.6 is 0 Å². The van der Waals surface area contributed by atoms with Gasteiger partial charge in [-0.05, 0) is 11.6 Å². The molecule has 0 saturated carbocycles. The second kappa shape index (κ2) is 5.66. The van der Waals surface area contributed by atoms with Gasteiger partial charge in [0, 0.05) is 12.6 Å². The number of imidazole rings is 1. The summed E-state index contributed by atoms with van der Waals surface area (Å²) in [5, 5.41) is 20.0. The average molecular weight is 292 g/mol. The molecule has 0 atom stereocenters. The Bertz CT molecular complexity index is 878. The maximum absolute atomic E-state index is 11.1. The highest BCUT2D eigenvalue weighted by molar-refractivity contribution is 5.83. The minimum absolute atomic E-state index is 0.0317. The van der Waals surface area contributed by atoms with Gasteiger partial charge in [-0.1, -0.05) is 30.3 Å². The molecule has 3 rings (SSSR count). The lowest BCUT2D eigenvalue weighted by atomic mass is 10.1. The molecule has 0 unspecified atom stereocenters. The van der Waals surface area contributed by atoms with Crippen molar-refractivity contribution < 1.29 is 4.92 Å². The molecule has 6 heteroatoms. The van der Waals surface area contributed by atoms with Crippen LogP contribution < -0.4 is 0 Å². The molecule has 0 aliphatic carbocycles. The number of nitro groups is 1. The van der Waals surface area contributed by atoms with Crippen molar-refractivity contribution >= 4 is 16.7 Å². The van der Waals surface area contributed by atoms with Crippen molar-refractivity contribution in [2.24, 2.45) is 0 Å². The van der Waals surface area contributed by atoms with Crippen molar-refractivity contribution in [3.63, 3.8) is 0 Å². The highest BCUT2D eigenvalue weighted by Crippen LogP contribution is 2.27. The number of hydrogen-bond donors (Lipinski definition) is 0. The number of nitro benzene ring substituents is 1. The van der Waals surface area contributed by atoms with Crippen LogP contribution in [0.2, 0.25) is 0 Å². The van der Waals surface area contributed by atoms with Gasteiger partial charge in [0.1, 0.15) is 0 Å². The number of hydrogen-bond acceptors (Lipinski definition) is 4. The van der Waals surface area contributed by atoms with Gasteiger partial charge in [-0.2, -0.15) is 5.26 Å². The molecule has 0 bridgehead atoms. The van der Waals surface area contributed by atoms with Crippen molar-refractivity contribution in [2.45, 2.75) is 13.0 Å². The molecule has 1 heterocycles. The van der Waals surface area contributed by atoms with Crippen LogP contribution in [-0.2, 0) is 13.0 Å². The molecule has 0 spiro atoms. The fourth-order valence-electron chi connectivity index (χ4n) is 2.51. The van der Waals surface area contributed by atoms with Crippen LogP contribution in [0.5, 0.6) is 0 Å². The zero-order valence-electron chi connectivity index (χ0n) is 11.6. The van der Waals surface area contributed by atoms with Gasteiger partial charge in [0.05, 0.1) is 40.3 Å². The van der Waals surface area contributed by atoms with Gasteiger partial charge < -0.3 is 4.57 Å². The fourth-order valence-corrected chi connectivity index (χ4v) is 2.51. The van der Waals surface area contributed by atoms with Crippen LogP contribution in [-0.4, -0.2) is 14.5 Å². The smallest absolute Gasteiger partial charge is 0.275 e. The van der Waals surface area contributed by atoms with Gasteiger partial charge in [0.2, 0.25) is 0 Å². The van der Waals surface area contributed by atoms with Crippen molar-refractivity contribution in [2.75, 3.05) is 0 Å². The Labute approximate surface area is 126 Å². The van der Waals surface area contributed by atoms with Gasteiger partial charge in [-0.3, -0.25) is 10.1 Å². The van der Waals surface area contributed by atoms with E-state index in [2.05, 4.69) is 4.98 Å². The highest BCUT2D eigenvalue weighted by Gasteiger charge is 2.19. The molecule has 22 heavy (non-hydrogen) atoms. The molecule has 108 valence electrons. The predicted molar refractivity (Wildman–Crippen MR) is 81.2 cm³/mol. The second-order valence-electron chi connectivity index (χ2n) is 4.88. The number of rotatable bonds is 4. The first-order valence-electron chi connectivity index (χ1n) is 6.72. The van der Waals surface area contributed by atoms with Gasteiger partial charge in [-0.25, -0.2) is 4.98 Å². The number of nitrogens with zero attached hydrogens (tertiary/aromatic N) is 4. The topological polar surface area (TPSA) is 84.8 Å². The third kappa shape index (κ3) is 2.40. The third-order valence-electron chi connectivity index (χ3n) is 3.52. The summed E-state index contributed by atoms with van der Waals surface area (Å²) in [5.41, 5.74) is 2.74. The Kier molecular flexibility index (Phi) is 3.54. The summed E-state index contributed by atoms with van der Waals surface area (Å²) in [7, 11) is 0. The molecule has 0 aliphatic heterocycles. The predicted octanol–water partition coefficient (Wildman–Crippen LogP) is 3.06. The van der Waals surface area contributed by atoms with E-state index < -0.39 is 4.92 Å². The molecule has 0 aliphatic rings. The summed E-state index contributed by atoms with van der Waals surface area (Å²) in [4.78, 5) is 14.9. The molecular weight excluding hydrogens is 280 g/mol. The lowest BCUT2D eigenvalue weighted by molar-refractivity contribution is -0.385. The van der Waals surface area contributed by atoms with E-state index in [9.17, 15) is 10.1 Å². The van der Waals surface area contributed by atoms with E-state index in [1.165, 1.54) is 6.07 Å². The summed E-state index contributed by atoms with van der Waals surface area (Å²) in [6.07, 6.45) is 1.62. The first kappa shape index (κ1) is 13.8. The molecule has 1 aromatic heterocycles. The average Bonchev–Trinajstić information content (AvgIpc) is 2.92. The minimum Gasteiger partial charge on any atom is -0.326 e. The van der Waals surface area contributed by atoms with Crippen molar-refractivity contribution in [3.05, 3.63) is 70.0 Å². The highest BCUT2D eigenvalue weighted by atomic mass is 16.6.